The molecule has 0 bridgehead atoms. The summed E-state index contributed by atoms with van der Waals surface area (Å²) in [5.41, 5.74) is -2.02. The standard InChI is InChI=1S/C19H21F2NO6/c1-17(2,3)28-16(25)22-7-6-18(19(20,21)8-22)9-26-13-11(18)5-4-10-12(13)15(24)27-14(10)23/h4-5,15,24H,6-9H2,1-3H3. The Hall–Kier alpha value is -2.42. The van der Waals surface area contributed by atoms with Gasteiger partial charge in [0.15, 0.2) is 0 Å². The number of amides is 1. The van der Waals surface area contributed by atoms with Crippen molar-refractivity contribution >= 4 is 12.1 Å². The van der Waals surface area contributed by atoms with Crippen LogP contribution in [0.2, 0.25) is 0 Å². The Labute approximate surface area is 160 Å². The fourth-order valence-electron chi connectivity index (χ4n) is 4.02. The van der Waals surface area contributed by atoms with Gasteiger partial charge in [-0.2, -0.15) is 0 Å². The zero-order valence-electron chi connectivity index (χ0n) is 15.8. The van der Waals surface area contributed by atoms with Crippen molar-refractivity contribution in [3.05, 3.63) is 28.8 Å². The van der Waals surface area contributed by atoms with Gasteiger partial charge in [-0.25, -0.2) is 18.4 Å². The van der Waals surface area contributed by atoms with E-state index in [1.165, 1.54) is 12.1 Å². The summed E-state index contributed by atoms with van der Waals surface area (Å²) in [6.45, 7) is 3.97. The van der Waals surface area contributed by atoms with Crippen LogP contribution in [0.1, 0.15) is 55.0 Å². The molecular weight excluding hydrogens is 376 g/mol. The average Bonchev–Trinajstić information content (AvgIpc) is 3.08. The summed E-state index contributed by atoms with van der Waals surface area (Å²) in [6, 6.07) is 2.80. The van der Waals surface area contributed by atoms with Gasteiger partial charge in [0.05, 0.1) is 23.1 Å². The molecule has 1 N–H and O–H groups in total. The molecule has 28 heavy (non-hydrogen) atoms. The normalized spacial score (nSPS) is 27.9. The van der Waals surface area contributed by atoms with Gasteiger partial charge in [0.25, 0.3) is 5.92 Å². The molecule has 9 heteroatoms. The van der Waals surface area contributed by atoms with E-state index >= 15 is 8.78 Å². The van der Waals surface area contributed by atoms with Crippen LogP contribution < -0.4 is 4.74 Å². The summed E-state index contributed by atoms with van der Waals surface area (Å²) < 4.78 is 46.2. The highest BCUT2D eigenvalue weighted by atomic mass is 19.3. The number of piperidine rings is 1. The summed E-state index contributed by atoms with van der Waals surface area (Å²) in [5.74, 6) is -3.95. The van der Waals surface area contributed by atoms with Gasteiger partial charge in [-0.05, 0) is 33.3 Å². The Kier molecular flexibility index (Phi) is 3.91. The van der Waals surface area contributed by atoms with E-state index in [1.54, 1.807) is 20.8 Å². The molecule has 2 unspecified atom stereocenters. The van der Waals surface area contributed by atoms with Gasteiger partial charge in [0.1, 0.15) is 18.0 Å². The maximum absolute atomic E-state index is 15.3. The fraction of sp³-hybridized carbons (Fsp3) is 0.579. The zero-order chi connectivity index (χ0) is 20.5. The minimum atomic E-state index is -3.30. The summed E-state index contributed by atoms with van der Waals surface area (Å²) in [4.78, 5) is 25.0. The molecule has 0 aromatic heterocycles. The maximum atomic E-state index is 15.3. The lowest BCUT2D eigenvalue weighted by Gasteiger charge is -2.44. The number of aliphatic hydroxyl groups excluding tert-OH is 1. The highest BCUT2D eigenvalue weighted by molar-refractivity contribution is 5.95. The first kappa shape index (κ1) is 18.9. The Bertz CT molecular complexity index is 865. The molecule has 0 saturated carbocycles. The number of likely N-dealkylation sites (tertiary alicyclic amines) is 1. The summed E-state index contributed by atoms with van der Waals surface area (Å²) >= 11 is 0. The molecular formula is C19H21F2NO6. The van der Waals surface area contributed by atoms with Crippen LogP contribution in [0.3, 0.4) is 0 Å². The number of rotatable bonds is 0. The predicted octanol–water partition coefficient (Wildman–Crippen LogP) is 2.75. The quantitative estimate of drug-likeness (QED) is 0.678. The van der Waals surface area contributed by atoms with Crippen molar-refractivity contribution in [3.63, 3.8) is 0 Å². The molecule has 0 radical (unpaired) electrons. The van der Waals surface area contributed by atoms with Gasteiger partial charge in [-0.3, -0.25) is 0 Å². The van der Waals surface area contributed by atoms with Crippen LogP contribution in [0, 0.1) is 0 Å². The average molecular weight is 397 g/mol. The van der Waals surface area contributed by atoms with Gasteiger partial charge in [0.2, 0.25) is 6.29 Å². The van der Waals surface area contributed by atoms with Gasteiger partial charge in [-0.1, -0.05) is 6.07 Å². The lowest BCUT2D eigenvalue weighted by atomic mass is 9.71. The van der Waals surface area contributed by atoms with Gasteiger partial charge >= 0.3 is 12.1 Å². The van der Waals surface area contributed by atoms with Crippen LogP contribution in [0.4, 0.5) is 13.6 Å². The Morgan fingerprint density at radius 2 is 2.07 bits per heavy atom. The van der Waals surface area contributed by atoms with Crippen molar-refractivity contribution in [3.8, 4) is 5.75 Å². The topological polar surface area (TPSA) is 85.3 Å². The Morgan fingerprint density at radius 1 is 1.36 bits per heavy atom. The van der Waals surface area contributed by atoms with Gasteiger partial charge < -0.3 is 24.2 Å². The minimum absolute atomic E-state index is 0.0457. The molecule has 3 aliphatic heterocycles. The Morgan fingerprint density at radius 3 is 2.71 bits per heavy atom. The van der Waals surface area contributed by atoms with Crippen LogP contribution in [-0.4, -0.2) is 53.3 Å². The number of hydrogen-bond acceptors (Lipinski definition) is 6. The number of halogens is 2. The number of carbonyl (C=O) groups excluding carboxylic acids is 2. The number of carbonyl (C=O) groups is 2. The van der Waals surface area contributed by atoms with Gasteiger partial charge in [0, 0.05) is 12.1 Å². The second-order valence-electron chi connectivity index (χ2n) is 8.39. The summed E-state index contributed by atoms with van der Waals surface area (Å²) in [5, 5.41) is 9.98. The van der Waals surface area contributed by atoms with E-state index in [4.69, 9.17) is 14.2 Å². The molecule has 1 aromatic carbocycles. The van der Waals surface area contributed by atoms with Crippen LogP contribution in [0.25, 0.3) is 0 Å². The number of alkyl halides is 2. The first-order chi connectivity index (χ1) is 13.0. The van der Waals surface area contributed by atoms with E-state index < -0.39 is 41.8 Å². The maximum Gasteiger partial charge on any atom is 0.410 e. The fourth-order valence-corrected chi connectivity index (χ4v) is 4.02. The van der Waals surface area contributed by atoms with E-state index in [2.05, 4.69) is 0 Å². The molecule has 1 spiro atoms. The number of ether oxygens (including phenoxy) is 3. The second-order valence-corrected chi connectivity index (χ2v) is 8.39. The number of hydrogen-bond donors (Lipinski definition) is 1. The molecule has 7 nitrogen and oxygen atoms in total. The smallest absolute Gasteiger partial charge is 0.410 e. The molecule has 3 aliphatic rings. The summed E-state index contributed by atoms with van der Waals surface area (Å²) in [6.07, 6.45) is -2.37. The van der Waals surface area contributed by atoms with Crippen LogP contribution in [0.15, 0.2) is 12.1 Å². The highest BCUT2D eigenvalue weighted by Gasteiger charge is 2.63. The van der Waals surface area contributed by atoms with E-state index in [1.807, 2.05) is 0 Å². The predicted molar refractivity (Wildman–Crippen MR) is 91.4 cm³/mol. The Balaban J connectivity index is 1.66. The zero-order valence-corrected chi connectivity index (χ0v) is 15.8. The number of cyclic esters (lactones) is 1. The van der Waals surface area contributed by atoms with E-state index in [0.29, 0.717) is 0 Å². The molecule has 1 fully saturated rings. The third-order valence-electron chi connectivity index (χ3n) is 5.41. The lowest BCUT2D eigenvalue weighted by molar-refractivity contribution is -0.132. The van der Waals surface area contributed by atoms with E-state index in [0.717, 1.165) is 4.90 Å². The van der Waals surface area contributed by atoms with E-state index in [-0.39, 0.29) is 42.0 Å². The van der Waals surface area contributed by atoms with Crippen molar-refractivity contribution in [2.75, 3.05) is 19.7 Å². The SMILES string of the molecule is CC(C)(C)OC(=O)N1CCC2(COc3c2ccc2c3C(O)OC2=O)C(F)(F)C1. The third-order valence-corrected chi connectivity index (χ3v) is 5.41. The lowest BCUT2D eigenvalue weighted by Crippen LogP contribution is -2.60. The summed E-state index contributed by atoms with van der Waals surface area (Å²) in [7, 11) is 0. The molecule has 1 amide bonds. The first-order valence-corrected chi connectivity index (χ1v) is 9.00. The highest BCUT2D eigenvalue weighted by Crippen LogP contribution is 2.55. The largest absolute Gasteiger partial charge is 0.492 e. The van der Waals surface area contributed by atoms with Crippen molar-refractivity contribution in [2.24, 2.45) is 0 Å². The number of fused-ring (bicyclic) bond motifs is 4. The van der Waals surface area contributed by atoms with Crippen molar-refractivity contribution < 1.29 is 37.7 Å². The number of aliphatic hydroxyl groups is 1. The third kappa shape index (κ3) is 2.63. The van der Waals surface area contributed by atoms with Crippen LogP contribution in [0.5, 0.6) is 5.75 Å². The molecule has 0 aliphatic carbocycles. The minimum Gasteiger partial charge on any atom is -0.492 e. The number of esters is 1. The molecule has 152 valence electrons. The molecule has 4 rings (SSSR count). The van der Waals surface area contributed by atoms with E-state index in [9.17, 15) is 14.7 Å². The molecule has 2 atom stereocenters. The van der Waals surface area contributed by atoms with Crippen molar-refractivity contribution in [1.29, 1.82) is 0 Å². The van der Waals surface area contributed by atoms with Crippen LogP contribution in [-0.2, 0) is 14.9 Å². The van der Waals surface area contributed by atoms with Crippen molar-refractivity contribution in [2.45, 2.75) is 50.4 Å². The molecule has 1 aromatic rings. The first-order valence-electron chi connectivity index (χ1n) is 9.00. The van der Waals surface area contributed by atoms with Gasteiger partial charge in [-0.15, -0.1) is 0 Å². The van der Waals surface area contributed by atoms with Crippen LogP contribution >= 0.6 is 0 Å². The monoisotopic (exact) mass is 397 g/mol. The molecule has 1 saturated heterocycles. The molecule has 3 heterocycles. The van der Waals surface area contributed by atoms with Crippen molar-refractivity contribution in [1.82, 2.24) is 4.90 Å². The number of nitrogens with zero attached hydrogens (tertiary/aromatic N) is 1. The second kappa shape index (κ2) is 5.79. The number of benzene rings is 1.